The lowest BCUT2D eigenvalue weighted by Gasteiger charge is -2.19. The van der Waals surface area contributed by atoms with Gasteiger partial charge in [0, 0.05) is 17.6 Å². The van der Waals surface area contributed by atoms with Crippen LogP contribution in [-0.2, 0) is 0 Å². The van der Waals surface area contributed by atoms with E-state index >= 15 is 0 Å². The Hall–Kier alpha value is -1.75. The molecule has 118 valence electrons. The third kappa shape index (κ3) is 6.04. The van der Waals surface area contributed by atoms with Crippen LogP contribution in [0.5, 0.6) is 11.5 Å². The largest absolute Gasteiger partial charge is 0.490 e. The molecule has 0 aliphatic rings. The zero-order valence-corrected chi connectivity index (χ0v) is 13.4. The molecule has 0 unspecified atom stereocenters. The number of ether oxygens (including phenoxy) is 2. The summed E-state index contributed by atoms with van der Waals surface area (Å²) in [5.74, 6) is 1.08. The van der Waals surface area contributed by atoms with Crippen LogP contribution < -0.4 is 20.5 Å². The van der Waals surface area contributed by atoms with Crippen molar-refractivity contribution in [1.29, 1.82) is 0 Å². The van der Waals surface area contributed by atoms with Gasteiger partial charge in [-0.1, -0.05) is 6.92 Å². The van der Waals surface area contributed by atoms with E-state index in [-0.39, 0.29) is 5.91 Å². The Balaban J connectivity index is 2.83. The minimum Gasteiger partial charge on any atom is -0.490 e. The maximum absolute atomic E-state index is 12.1. The maximum atomic E-state index is 12.1. The number of hydrogen-bond donors (Lipinski definition) is 2. The Morgan fingerprint density at radius 3 is 2.52 bits per heavy atom. The summed E-state index contributed by atoms with van der Waals surface area (Å²) in [5.41, 5.74) is 5.95. The minimum atomic E-state index is -0.442. The number of benzene rings is 1. The molecule has 0 fully saturated rings. The van der Waals surface area contributed by atoms with Crippen molar-refractivity contribution in [3.63, 3.8) is 0 Å². The Morgan fingerprint density at radius 2 is 1.95 bits per heavy atom. The van der Waals surface area contributed by atoms with Crippen molar-refractivity contribution in [1.82, 2.24) is 5.32 Å². The molecule has 0 saturated heterocycles. The summed E-state index contributed by atoms with van der Waals surface area (Å²) in [6.45, 7) is 9.20. The fourth-order valence-electron chi connectivity index (χ4n) is 1.66. The lowest BCUT2D eigenvalue weighted by molar-refractivity contribution is 0.0945. The predicted molar refractivity (Wildman–Crippen MR) is 84.0 cm³/mol. The number of hydrogen-bond acceptors (Lipinski definition) is 4. The van der Waals surface area contributed by atoms with Gasteiger partial charge in [-0.05, 0) is 45.4 Å². The second kappa shape index (κ2) is 7.88. The van der Waals surface area contributed by atoms with Gasteiger partial charge in [-0.25, -0.2) is 0 Å². The molecule has 21 heavy (non-hydrogen) atoms. The van der Waals surface area contributed by atoms with Crippen molar-refractivity contribution in [2.75, 3.05) is 19.8 Å². The van der Waals surface area contributed by atoms with Gasteiger partial charge >= 0.3 is 0 Å². The normalized spacial score (nSPS) is 11.1. The van der Waals surface area contributed by atoms with E-state index in [4.69, 9.17) is 15.2 Å². The molecular weight excluding hydrogens is 268 g/mol. The lowest BCUT2D eigenvalue weighted by atomic mass is 10.1. The third-order valence-electron chi connectivity index (χ3n) is 2.67. The molecule has 0 aliphatic heterocycles. The Kier molecular flexibility index (Phi) is 6.49. The van der Waals surface area contributed by atoms with E-state index in [1.165, 1.54) is 0 Å². The number of rotatable bonds is 8. The van der Waals surface area contributed by atoms with E-state index in [1.807, 2.05) is 27.7 Å². The maximum Gasteiger partial charge on any atom is 0.251 e. The summed E-state index contributed by atoms with van der Waals surface area (Å²) in [4.78, 5) is 12.1. The van der Waals surface area contributed by atoms with Crippen molar-refractivity contribution in [2.45, 2.75) is 39.7 Å². The summed E-state index contributed by atoms with van der Waals surface area (Å²) < 4.78 is 11.2. The van der Waals surface area contributed by atoms with Gasteiger partial charge in [0.05, 0.1) is 13.2 Å². The van der Waals surface area contributed by atoms with Crippen LogP contribution in [0, 0.1) is 0 Å². The highest BCUT2D eigenvalue weighted by atomic mass is 16.5. The molecule has 5 nitrogen and oxygen atoms in total. The molecule has 0 aliphatic carbocycles. The van der Waals surface area contributed by atoms with E-state index < -0.39 is 5.54 Å². The highest BCUT2D eigenvalue weighted by Gasteiger charge is 2.15. The zero-order chi connectivity index (χ0) is 15.9. The Bertz CT molecular complexity index is 467. The van der Waals surface area contributed by atoms with E-state index in [9.17, 15) is 4.79 Å². The van der Waals surface area contributed by atoms with Gasteiger partial charge in [-0.3, -0.25) is 4.79 Å². The summed E-state index contributed by atoms with van der Waals surface area (Å²) >= 11 is 0. The number of carbonyl (C=O) groups excluding carboxylic acids is 1. The molecule has 0 saturated carbocycles. The first-order valence-electron chi connectivity index (χ1n) is 7.34. The predicted octanol–water partition coefficient (Wildman–Crippen LogP) is 2.34. The highest BCUT2D eigenvalue weighted by Crippen LogP contribution is 2.28. The van der Waals surface area contributed by atoms with Crippen molar-refractivity contribution in [3.8, 4) is 11.5 Å². The second-order valence-corrected chi connectivity index (χ2v) is 5.61. The molecule has 5 heteroatoms. The van der Waals surface area contributed by atoms with Crippen LogP contribution in [0.3, 0.4) is 0 Å². The first-order chi connectivity index (χ1) is 9.87. The number of carbonyl (C=O) groups is 1. The molecule has 0 bridgehead atoms. The SMILES string of the molecule is CCCOc1ccc(C(=O)NCC(C)(C)N)cc1OCC. The first kappa shape index (κ1) is 17.3. The molecule has 1 aromatic rings. The molecule has 3 N–H and O–H groups in total. The fraction of sp³-hybridized carbons (Fsp3) is 0.562. The molecule has 0 atom stereocenters. The third-order valence-corrected chi connectivity index (χ3v) is 2.67. The zero-order valence-electron chi connectivity index (χ0n) is 13.4. The van der Waals surface area contributed by atoms with Crippen LogP contribution in [0.4, 0.5) is 0 Å². The van der Waals surface area contributed by atoms with E-state index in [0.29, 0.717) is 36.8 Å². The van der Waals surface area contributed by atoms with Crippen LogP contribution in [-0.4, -0.2) is 31.2 Å². The lowest BCUT2D eigenvalue weighted by Crippen LogP contribution is -2.45. The summed E-state index contributed by atoms with van der Waals surface area (Å²) in [7, 11) is 0. The fourth-order valence-corrected chi connectivity index (χ4v) is 1.66. The topological polar surface area (TPSA) is 73.6 Å². The van der Waals surface area contributed by atoms with Gasteiger partial charge in [-0.2, -0.15) is 0 Å². The monoisotopic (exact) mass is 294 g/mol. The van der Waals surface area contributed by atoms with Crippen LogP contribution in [0.1, 0.15) is 44.5 Å². The van der Waals surface area contributed by atoms with Gasteiger partial charge in [-0.15, -0.1) is 0 Å². The summed E-state index contributed by atoms with van der Waals surface area (Å²) in [6, 6.07) is 5.20. The molecular formula is C16H26N2O3. The van der Waals surface area contributed by atoms with Crippen molar-refractivity contribution in [3.05, 3.63) is 23.8 Å². The van der Waals surface area contributed by atoms with Gasteiger partial charge in [0.1, 0.15) is 0 Å². The van der Waals surface area contributed by atoms with Crippen LogP contribution in [0.2, 0.25) is 0 Å². The molecule has 0 aromatic heterocycles. The van der Waals surface area contributed by atoms with Gasteiger partial charge in [0.2, 0.25) is 0 Å². The average molecular weight is 294 g/mol. The second-order valence-electron chi connectivity index (χ2n) is 5.61. The number of nitrogens with one attached hydrogen (secondary N) is 1. The molecule has 1 amide bonds. The summed E-state index contributed by atoms with van der Waals surface area (Å²) in [6.07, 6.45) is 0.916. The van der Waals surface area contributed by atoms with Crippen LogP contribution in [0.15, 0.2) is 18.2 Å². The van der Waals surface area contributed by atoms with Gasteiger partial charge in [0.25, 0.3) is 5.91 Å². The van der Waals surface area contributed by atoms with Crippen LogP contribution in [0.25, 0.3) is 0 Å². The van der Waals surface area contributed by atoms with E-state index in [0.717, 1.165) is 6.42 Å². The Morgan fingerprint density at radius 1 is 1.24 bits per heavy atom. The molecule has 0 spiro atoms. The standard InChI is InChI=1S/C16H26N2O3/c1-5-9-21-13-8-7-12(10-14(13)20-6-2)15(19)18-11-16(3,4)17/h7-8,10H,5-6,9,11,17H2,1-4H3,(H,18,19). The molecule has 1 rings (SSSR count). The highest BCUT2D eigenvalue weighted by molar-refractivity contribution is 5.94. The average Bonchev–Trinajstić information content (AvgIpc) is 2.43. The molecule has 0 heterocycles. The quantitative estimate of drug-likeness (QED) is 0.772. The Labute approximate surface area is 126 Å². The smallest absolute Gasteiger partial charge is 0.251 e. The number of nitrogens with two attached hydrogens (primary N) is 1. The van der Waals surface area contributed by atoms with Gasteiger partial charge < -0.3 is 20.5 Å². The van der Waals surface area contributed by atoms with Crippen molar-refractivity contribution >= 4 is 5.91 Å². The minimum absolute atomic E-state index is 0.170. The number of amides is 1. The van der Waals surface area contributed by atoms with Crippen molar-refractivity contribution < 1.29 is 14.3 Å². The van der Waals surface area contributed by atoms with E-state index in [2.05, 4.69) is 5.32 Å². The molecule has 0 radical (unpaired) electrons. The summed E-state index contributed by atoms with van der Waals surface area (Å²) in [5, 5.41) is 2.81. The first-order valence-corrected chi connectivity index (χ1v) is 7.34. The van der Waals surface area contributed by atoms with Crippen LogP contribution >= 0.6 is 0 Å². The van der Waals surface area contributed by atoms with E-state index in [1.54, 1.807) is 18.2 Å². The molecule has 1 aromatic carbocycles. The van der Waals surface area contributed by atoms with Gasteiger partial charge in [0.15, 0.2) is 11.5 Å². The van der Waals surface area contributed by atoms with Crippen molar-refractivity contribution in [2.24, 2.45) is 5.73 Å².